The van der Waals surface area contributed by atoms with Crippen LogP contribution in [0.15, 0.2) is 43.0 Å². The van der Waals surface area contributed by atoms with Gasteiger partial charge in [0.25, 0.3) is 5.91 Å². The van der Waals surface area contributed by atoms with Crippen molar-refractivity contribution in [3.8, 4) is 0 Å². The van der Waals surface area contributed by atoms with E-state index < -0.39 is 0 Å². The molecule has 0 radical (unpaired) electrons. The number of nitrogens with zero attached hydrogens (tertiary/aromatic N) is 3. The SMILES string of the molecule is C=CCn1c(C)cc(C(=O)CN2CCN(C(=O)c3ccc(Cl)cc3)CC2)c1C. The molecule has 0 unspecified atom stereocenters. The Hall–Kier alpha value is -2.37. The third-order valence-corrected chi connectivity index (χ3v) is 5.56. The van der Waals surface area contributed by atoms with E-state index in [1.54, 1.807) is 24.3 Å². The van der Waals surface area contributed by atoms with Crippen molar-refractivity contribution < 1.29 is 9.59 Å². The molecule has 0 bridgehead atoms. The van der Waals surface area contributed by atoms with Crippen molar-refractivity contribution in [3.63, 3.8) is 0 Å². The number of allylic oxidation sites excluding steroid dienone is 1. The second-order valence-corrected chi connectivity index (χ2v) is 7.62. The number of carbonyl (C=O) groups excluding carboxylic acids is 2. The fraction of sp³-hybridized carbons (Fsp3) is 0.364. The first-order chi connectivity index (χ1) is 13.4. The van der Waals surface area contributed by atoms with Crippen molar-refractivity contribution in [2.45, 2.75) is 20.4 Å². The van der Waals surface area contributed by atoms with E-state index >= 15 is 0 Å². The predicted octanol–water partition coefficient (Wildman–Crippen LogP) is 3.59. The monoisotopic (exact) mass is 399 g/mol. The van der Waals surface area contributed by atoms with Crippen LogP contribution in [-0.4, -0.2) is 58.8 Å². The van der Waals surface area contributed by atoms with Gasteiger partial charge >= 0.3 is 0 Å². The van der Waals surface area contributed by atoms with Crippen LogP contribution in [0.25, 0.3) is 0 Å². The Labute approximate surface area is 171 Å². The summed E-state index contributed by atoms with van der Waals surface area (Å²) in [6, 6.07) is 8.92. The first-order valence-corrected chi connectivity index (χ1v) is 9.86. The van der Waals surface area contributed by atoms with Gasteiger partial charge in [0.1, 0.15) is 0 Å². The number of hydrogen-bond donors (Lipinski definition) is 0. The molecule has 148 valence electrons. The highest BCUT2D eigenvalue weighted by atomic mass is 35.5. The van der Waals surface area contributed by atoms with Crippen LogP contribution in [0.1, 0.15) is 32.1 Å². The Morgan fingerprint density at radius 3 is 2.36 bits per heavy atom. The lowest BCUT2D eigenvalue weighted by Crippen LogP contribution is -2.49. The molecule has 6 heteroatoms. The highest BCUT2D eigenvalue weighted by Gasteiger charge is 2.24. The predicted molar refractivity (Wildman–Crippen MR) is 112 cm³/mol. The van der Waals surface area contributed by atoms with Gasteiger partial charge in [0.15, 0.2) is 5.78 Å². The van der Waals surface area contributed by atoms with Crippen molar-refractivity contribution in [1.82, 2.24) is 14.4 Å². The molecule has 1 aliphatic rings. The van der Waals surface area contributed by atoms with E-state index in [-0.39, 0.29) is 11.7 Å². The standard InChI is InChI=1S/C22H26ClN3O2/c1-4-9-26-16(2)14-20(17(26)3)21(27)15-24-10-12-25(13-11-24)22(28)18-5-7-19(23)8-6-18/h4-8,14H,1,9-13,15H2,2-3H3. The minimum atomic E-state index is 0.00983. The third kappa shape index (κ3) is 4.37. The Morgan fingerprint density at radius 1 is 1.11 bits per heavy atom. The maximum atomic E-state index is 12.8. The van der Waals surface area contributed by atoms with E-state index in [4.69, 9.17) is 11.6 Å². The van der Waals surface area contributed by atoms with Crippen LogP contribution in [0, 0.1) is 13.8 Å². The molecule has 1 saturated heterocycles. The Kier molecular flexibility index (Phi) is 6.37. The molecule has 5 nitrogen and oxygen atoms in total. The van der Waals surface area contributed by atoms with Crippen LogP contribution < -0.4 is 0 Å². The molecule has 1 fully saturated rings. The van der Waals surface area contributed by atoms with E-state index in [1.165, 1.54) is 0 Å². The molecular formula is C22H26ClN3O2. The van der Waals surface area contributed by atoms with Crippen LogP contribution in [0.2, 0.25) is 5.02 Å². The van der Waals surface area contributed by atoms with E-state index in [0.29, 0.717) is 49.9 Å². The lowest BCUT2D eigenvalue weighted by Gasteiger charge is -2.34. The van der Waals surface area contributed by atoms with Gasteiger partial charge < -0.3 is 9.47 Å². The summed E-state index contributed by atoms with van der Waals surface area (Å²) in [7, 11) is 0. The van der Waals surface area contributed by atoms with Crippen molar-refractivity contribution in [2.24, 2.45) is 0 Å². The maximum Gasteiger partial charge on any atom is 0.253 e. The minimum absolute atomic E-state index is 0.00983. The molecule has 1 aromatic carbocycles. The summed E-state index contributed by atoms with van der Waals surface area (Å²) in [6.45, 7) is 11.5. The normalized spacial score (nSPS) is 14.9. The molecule has 0 N–H and O–H groups in total. The average Bonchev–Trinajstić information content (AvgIpc) is 2.97. The fourth-order valence-electron chi connectivity index (χ4n) is 3.67. The van der Waals surface area contributed by atoms with Crippen LogP contribution in [-0.2, 0) is 6.54 Å². The first-order valence-electron chi connectivity index (χ1n) is 9.48. The van der Waals surface area contributed by atoms with Gasteiger partial charge in [-0.2, -0.15) is 0 Å². The number of amides is 1. The van der Waals surface area contributed by atoms with Crippen LogP contribution in [0.4, 0.5) is 0 Å². The number of hydrogen-bond acceptors (Lipinski definition) is 3. The number of benzene rings is 1. The largest absolute Gasteiger partial charge is 0.345 e. The van der Waals surface area contributed by atoms with Gasteiger partial charge in [-0.1, -0.05) is 17.7 Å². The maximum absolute atomic E-state index is 12.8. The summed E-state index contributed by atoms with van der Waals surface area (Å²) in [4.78, 5) is 29.3. The minimum Gasteiger partial charge on any atom is -0.345 e. The van der Waals surface area contributed by atoms with Gasteiger partial charge in [-0.15, -0.1) is 6.58 Å². The number of ketones is 1. The fourth-order valence-corrected chi connectivity index (χ4v) is 3.79. The summed E-state index contributed by atoms with van der Waals surface area (Å²) in [5.74, 6) is 0.136. The van der Waals surface area contributed by atoms with E-state index in [2.05, 4.69) is 16.0 Å². The Balaban J connectivity index is 1.57. The van der Waals surface area contributed by atoms with E-state index in [1.807, 2.05) is 30.9 Å². The van der Waals surface area contributed by atoms with E-state index in [9.17, 15) is 9.59 Å². The van der Waals surface area contributed by atoms with Gasteiger partial charge in [0.05, 0.1) is 6.54 Å². The van der Waals surface area contributed by atoms with Gasteiger partial charge in [-0.05, 0) is 44.2 Å². The smallest absolute Gasteiger partial charge is 0.253 e. The van der Waals surface area contributed by atoms with Crippen molar-refractivity contribution in [1.29, 1.82) is 0 Å². The summed E-state index contributed by atoms with van der Waals surface area (Å²) < 4.78 is 2.10. The summed E-state index contributed by atoms with van der Waals surface area (Å²) in [5, 5.41) is 0.618. The topological polar surface area (TPSA) is 45.6 Å². The number of aromatic nitrogens is 1. The van der Waals surface area contributed by atoms with Crippen molar-refractivity contribution in [3.05, 3.63) is 70.5 Å². The Morgan fingerprint density at radius 2 is 1.75 bits per heavy atom. The highest BCUT2D eigenvalue weighted by Crippen LogP contribution is 2.17. The molecule has 28 heavy (non-hydrogen) atoms. The second-order valence-electron chi connectivity index (χ2n) is 7.18. The number of rotatable bonds is 6. The lowest BCUT2D eigenvalue weighted by molar-refractivity contribution is 0.0624. The third-order valence-electron chi connectivity index (χ3n) is 5.30. The Bertz CT molecular complexity index is 878. The molecule has 0 aliphatic carbocycles. The molecule has 2 heterocycles. The zero-order chi connectivity index (χ0) is 20.3. The van der Waals surface area contributed by atoms with Crippen molar-refractivity contribution >= 4 is 23.3 Å². The number of piperazine rings is 1. The van der Waals surface area contributed by atoms with Crippen LogP contribution in [0.3, 0.4) is 0 Å². The quantitative estimate of drug-likeness (QED) is 0.551. The molecule has 0 saturated carbocycles. The molecule has 3 rings (SSSR count). The van der Waals surface area contributed by atoms with Gasteiger partial charge in [0, 0.05) is 60.3 Å². The lowest BCUT2D eigenvalue weighted by atomic mass is 10.1. The highest BCUT2D eigenvalue weighted by molar-refractivity contribution is 6.30. The molecule has 0 spiro atoms. The second kappa shape index (κ2) is 8.76. The first kappa shape index (κ1) is 20.4. The molecule has 2 aromatic rings. The number of halogens is 1. The van der Waals surface area contributed by atoms with Gasteiger partial charge in [0.2, 0.25) is 0 Å². The molecule has 0 atom stereocenters. The zero-order valence-corrected chi connectivity index (χ0v) is 17.2. The summed E-state index contributed by atoms with van der Waals surface area (Å²) in [6.07, 6.45) is 1.84. The summed E-state index contributed by atoms with van der Waals surface area (Å²) >= 11 is 5.89. The number of carbonyl (C=O) groups is 2. The van der Waals surface area contributed by atoms with Crippen LogP contribution >= 0.6 is 11.6 Å². The molecular weight excluding hydrogens is 374 g/mol. The van der Waals surface area contributed by atoms with Crippen LogP contribution in [0.5, 0.6) is 0 Å². The van der Waals surface area contributed by atoms with Gasteiger partial charge in [-0.3, -0.25) is 14.5 Å². The van der Waals surface area contributed by atoms with E-state index in [0.717, 1.165) is 17.0 Å². The summed E-state index contributed by atoms with van der Waals surface area (Å²) in [5.41, 5.74) is 3.47. The number of Topliss-reactive ketones (excluding diaryl/α,β-unsaturated/α-hetero) is 1. The molecule has 1 amide bonds. The van der Waals surface area contributed by atoms with Crippen molar-refractivity contribution in [2.75, 3.05) is 32.7 Å². The van der Waals surface area contributed by atoms with Gasteiger partial charge in [-0.25, -0.2) is 0 Å². The number of aryl methyl sites for hydroxylation is 1. The average molecular weight is 400 g/mol. The molecule has 1 aliphatic heterocycles. The molecule has 1 aromatic heterocycles. The zero-order valence-electron chi connectivity index (χ0n) is 16.4.